The van der Waals surface area contributed by atoms with Gasteiger partial charge in [-0.2, -0.15) is 0 Å². The number of hydrogen-bond acceptors (Lipinski definition) is 4. The van der Waals surface area contributed by atoms with Gasteiger partial charge in [-0.15, -0.1) is 0 Å². The molecule has 0 spiro atoms. The molecule has 4 heteroatoms. The van der Waals surface area contributed by atoms with E-state index in [4.69, 9.17) is 15.2 Å². The Morgan fingerprint density at radius 3 is 2.61 bits per heavy atom. The molecule has 4 nitrogen and oxygen atoms in total. The van der Waals surface area contributed by atoms with Crippen molar-refractivity contribution < 1.29 is 9.47 Å². The molecule has 0 saturated carbocycles. The number of rotatable bonds is 7. The van der Waals surface area contributed by atoms with Crippen molar-refractivity contribution in [1.29, 1.82) is 0 Å². The third kappa shape index (κ3) is 4.20. The number of methoxy groups -OCH3 is 1. The number of likely N-dealkylation sites (N-methyl/N-ethyl adjacent to an activating group) is 1. The first kappa shape index (κ1) is 14.8. The van der Waals surface area contributed by atoms with Crippen molar-refractivity contribution in [2.45, 2.75) is 26.5 Å². The van der Waals surface area contributed by atoms with Crippen LogP contribution in [-0.2, 0) is 11.3 Å². The summed E-state index contributed by atoms with van der Waals surface area (Å²) in [6, 6.07) is 5.95. The number of nitrogens with two attached hydrogens (primary N) is 1. The van der Waals surface area contributed by atoms with Crippen LogP contribution >= 0.6 is 0 Å². The molecular weight excluding hydrogens is 228 g/mol. The van der Waals surface area contributed by atoms with Gasteiger partial charge in [-0.25, -0.2) is 0 Å². The van der Waals surface area contributed by atoms with Crippen LogP contribution in [-0.4, -0.2) is 33.4 Å². The fourth-order valence-corrected chi connectivity index (χ4v) is 1.74. The van der Waals surface area contributed by atoms with E-state index in [-0.39, 0.29) is 6.10 Å². The molecule has 0 aromatic heterocycles. The molecule has 0 atom stereocenters. The summed E-state index contributed by atoms with van der Waals surface area (Å²) in [7, 11) is 3.71. The molecule has 0 radical (unpaired) electrons. The second kappa shape index (κ2) is 7.24. The maximum atomic E-state index is 5.76. The monoisotopic (exact) mass is 252 g/mol. The van der Waals surface area contributed by atoms with Gasteiger partial charge in [0.2, 0.25) is 0 Å². The number of ether oxygens (including phenoxy) is 2. The fraction of sp³-hybridized carbons (Fsp3) is 0.571. The number of hydrogen-bond donors (Lipinski definition) is 1. The molecule has 0 unspecified atom stereocenters. The molecule has 2 N–H and O–H groups in total. The Hall–Kier alpha value is -1.26. The Kier molecular flexibility index (Phi) is 5.95. The Balaban J connectivity index is 2.72. The second-order valence-corrected chi connectivity index (χ2v) is 4.54. The molecule has 0 aliphatic rings. The summed E-state index contributed by atoms with van der Waals surface area (Å²) < 4.78 is 10.8. The molecule has 0 bridgehead atoms. The molecule has 0 amide bonds. The van der Waals surface area contributed by atoms with Gasteiger partial charge >= 0.3 is 0 Å². The minimum Gasteiger partial charge on any atom is -0.497 e. The summed E-state index contributed by atoms with van der Waals surface area (Å²) in [6.45, 7) is 6.14. The van der Waals surface area contributed by atoms with Crippen LogP contribution in [0, 0.1) is 0 Å². The predicted octanol–water partition coefficient (Wildman–Crippen LogP) is 2.02. The number of benzene rings is 1. The summed E-state index contributed by atoms with van der Waals surface area (Å²) >= 11 is 0. The Morgan fingerprint density at radius 2 is 2.06 bits per heavy atom. The summed E-state index contributed by atoms with van der Waals surface area (Å²) in [6.07, 6.45) is 0.262. The highest BCUT2D eigenvalue weighted by molar-refractivity contribution is 5.56. The lowest BCUT2D eigenvalue weighted by Crippen LogP contribution is -2.25. The summed E-state index contributed by atoms with van der Waals surface area (Å²) in [5.41, 5.74) is 7.97. The zero-order chi connectivity index (χ0) is 13.5. The molecule has 1 aromatic carbocycles. The maximum absolute atomic E-state index is 5.76. The molecule has 102 valence electrons. The van der Waals surface area contributed by atoms with E-state index in [0.29, 0.717) is 13.2 Å². The van der Waals surface area contributed by atoms with Crippen molar-refractivity contribution in [2.24, 2.45) is 5.73 Å². The predicted molar refractivity (Wildman–Crippen MR) is 75.2 cm³/mol. The molecule has 18 heavy (non-hydrogen) atoms. The first-order chi connectivity index (χ1) is 8.58. The third-order valence-electron chi connectivity index (χ3n) is 2.80. The van der Waals surface area contributed by atoms with Gasteiger partial charge in [-0.3, -0.25) is 0 Å². The highest BCUT2D eigenvalue weighted by Crippen LogP contribution is 2.25. The summed E-state index contributed by atoms with van der Waals surface area (Å²) in [5.74, 6) is 0.846. The van der Waals surface area contributed by atoms with E-state index in [0.717, 1.165) is 23.5 Å². The SMILES string of the molecule is COc1ccc(CN)c(N(C)CCOC(C)C)c1. The van der Waals surface area contributed by atoms with E-state index < -0.39 is 0 Å². The molecule has 1 aromatic rings. The standard InChI is InChI=1S/C14H24N2O2/c1-11(2)18-8-7-16(3)14-9-13(17-4)6-5-12(14)10-15/h5-6,9,11H,7-8,10,15H2,1-4H3. The van der Waals surface area contributed by atoms with Crippen LogP contribution in [0.3, 0.4) is 0 Å². The quantitative estimate of drug-likeness (QED) is 0.806. The first-order valence-electron chi connectivity index (χ1n) is 6.28. The average molecular weight is 252 g/mol. The zero-order valence-electron chi connectivity index (χ0n) is 11.8. The Bertz CT molecular complexity index is 367. The topological polar surface area (TPSA) is 47.7 Å². The van der Waals surface area contributed by atoms with E-state index in [9.17, 15) is 0 Å². The van der Waals surface area contributed by atoms with Crippen molar-refractivity contribution in [3.63, 3.8) is 0 Å². The van der Waals surface area contributed by atoms with Crippen LogP contribution in [0.25, 0.3) is 0 Å². The van der Waals surface area contributed by atoms with E-state index >= 15 is 0 Å². The van der Waals surface area contributed by atoms with Crippen LogP contribution in [0.15, 0.2) is 18.2 Å². The maximum Gasteiger partial charge on any atom is 0.120 e. The Labute approximate surface area is 110 Å². The van der Waals surface area contributed by atoms with Crippen molar-refractivity contribution in [3.8, 4) is 5.75 Å². The molecule has 0 saturated heterocycles. The third-order valence-corrected chi connectivity index (χ3v) is 2.80. The smallest absolute Gasteiger partial charge is 0.120 e. The van der Waals surface area contributed by atoms with Crippen LogP contribution < -0.4 is 15.4 Å². The van der Waals surface area contributed by atoms with Crippen molar-refractivity contribution >= 4 is 5.69 Å². The molecule has 0 heterocycles. The first-order valence-corrected chi connectivity index (χ1v) is 6.28. The van der Waals surface area contributed by atoms with Gasteiger partial charge in [0, 0.05) is 31.9 Å². The van der Waals surface area contributed by atoms with Gasteiger partial charge in [-0.1, -0.05) is 6.07 Å². The molecule has 0 aliphatic carbocycles. The van der Waals surface area contributed by atoms with Crippen molar-refractivity contribution in [2.75, 3.05) is 32.2 Å². The van der Waals surface area contributed by atoms with Gasteiger partial charge in [0.15, 0.2) is 0 Å². The molecule has 1 rings (SSSR count). The van der Waals surface area contributed by atoms with Crippen LogP contribution in [0.5, 0.6) is 5.75 Å². The van der Waals surface area contributed by atoms with E-state index in [2.05, 4.69) is 4.90 Å². The van der Waals surface area contributed by atoms with Gasteiger partial charge in [0.05, 0.1) is 19.8 Å². The molecule has 0 aliphatic heterocycles. The van der Waals surface area contributed by atoms with Gasteiger partial charge in [0.25, 0.3) is 0 Å². The number of anilines is 1. The normalized spacial score (nSPS) is 10.8. The van der Waals surface area contributed by atoms with Crippen molar-refractivity contribution in [3.05, 3.63) is 23.8 Å². The highest BCUT2D eigenvalue weighted by atomic mass is 16.5. The van der Waals surface area contributed by atoms with Crippen molar-refractivity contribution in [1.82, 2.24) is 0 Å². The van der Waals surface area contributed by atoms with Crippen LogP contribution in [0.2, 0.25) is 0 Å². The van der Waals surface area contributed by atoms with Gasteiger partial charge in [-0.05, 0) is 25.5 Å². The fourth-order valence-electron chi connectivity index (χ4n) is 1.74. The van der Waals surface area contributed by atoms with E-state index in [1.54, 1.807) is 7.11 Å². The van der Waals surface area contributed by atoms with E-state index in [1.807, 2.05) is 39.1 Å². The summed E-state index contributed by atoms with van der Waals surface area (Å²) in [5, 5.41) is 0. The minimum absolute atomic E-state index is 0.262. The van der Waals surface area contributed by atoms with E-state index in [1.165, 1.54) is 0 Å². The average Bonchev–Trinajstić information content (AvgIpc) is 2.37. The lowest BCUT2D eigenvalue weighted by Gasteiger charge is -2.23. The summed E-state index contributed by atoms with van der Waals surface area (Å²) in [4.78, 5) is 2.15. The minimum atomic E-state index is 0.262. The van der Waals surface area contributed by atoms with Gasteiger partial charge in [0.1, 0.15) is 5.75 Å². The molecular formula is C14H24N2O2. The molecule has 0 fully saturated rings. The van der Waals surface area contributed by atoms with Gasteiger partial charge < -0.3 is 20.1 Å². The lowest BCUT2D eigenvalue weighted by atomic mass is 10.1. The highest BCUT2D eigenvalue weighted by Gasteiger charge is 2.08. The largest absolute Gasteiger partial charge is 0.497 e. The zero-order valence-corrected chi connectivity index (χ0v) is 11.8. The van der Waals surface area contributed by atoms with Crippen LogP contribution in [0.1, 0.15) is 19.4 Å². The second-order valence-electron chi connectivity index (χ2n) is 4.54. The Morgan fingerprint density at radius 1 is 1.33 bits per heavy atom. The van der Waals surface area contributed by atoms with Crippen LogP contribution in [0.4, 0.5) is 5.69 Å². The lowest BCUT2D eigenvalue weighted by molar-refractivity contribution is 0.0846. The number of nitrogens with zero attached hydrogens (tertiary/aromatic N) is 1.